The van der Waals surface area contributed by atoms with Crippen LogP contribution in [0.1, 0.15) is 70.3 Å². The molecule has 0 radical (unpaired) electrons. The Morgan fingerprint density at radius 2 is 1.52 bits per heavy atom. The Kier molecular flexibility index (Phi) is 9.85. The lowest BCUT2D eigenvalue weighted by molar-refractivity contribution is 0.149. The van der Waals surface area contributed by atoms with E-state index in [1.807, 2.05) is 42.5 Å². The van der Waals surface area contributed by atoms with Gasteiger partial charge >= 0.3 is 6.09 Å². The number of ether oxygens (including phenoxy) is 1. The van der Waals surface area contributed by atoms with Crippen LogP contribution in [0.15, 0.2) is 42.5 Å². The SMILES string of the molecule is CCCCCCCCCCCOC(=O)NC(=S)c1cccc2ccccc12. The first-order chi connectivity index (χ1) is 13.2. The number of nitrogens with one attached hydrogen (secondary N) is 1. The van der Waals surface area contributed by atoms with E-state index in [1.54, 1.807) is 0 Å². The second-order valence-corrected chi connectivity index (χ2v) is 7.35. The fourth-order valence-corrected chi connectivity index (χ4v) is 3.46. The molecule has 0 aromatic heterocycles. The van der Waals surface area contributed by atoms with E-state index in [1.165, 1.54) is 44.9 Å². The van der Waals surface area contributed by atoms with Crippen LogP contribution in [0.4, 0.5) is 4.79 Å². The third-order valence-electron chi connectivity index (χ3n) is 4.73. The highest BCUT2D eigenvalue weighted by Gasteiger charge is 2.10. The van der Waals surface area contributed by atoms with Gasteiger partial charge in [-0.25, -0.2) is 4.79 Å². The molecule has 0 atom stereocenters. The first-order valence-corrected chi connectivity index (χ1v) is 10.6. The zero-order valence-electron chi connectivity index (χ0n) is 16.3. The van der Waals surface area contributed by atoms with E-state index in [-0.39, 0.29) is 0 Å². The third-order valence-corrected chi connectivity index (χ3v) is 5.05. The van der Waals surface area contributed by atoms with E-state index in [2.05, 4.69) is 12.2 Å². The van der Waals surface area contributed by atoms with Crippen LogP contribution in [0.2, 0.25) is 0 Å². The fraction of sp³-hybridized carbons (Fsp3) is 0.478. The van der Waals surface area contributed by atoms with Crippen LogP contribution >= 0.6 is 12.2 Å². The third kappa shape index (κ3) is 7.67. The van der Waals surface area contributed by atoms with E-state index in [0.29, 0.717) is 11.6 Å². The first kappa shape index (κ1) is 21.4. The van der Waals surface area contributed by atoms with Gasteiger partial charge in [0.2, 0.25) is 0 Å². The summed E-state index contributed by atoms with van der Waals surface area (Å²) in [5, 5.41) is 4.82. The smallest absolute Gasteiger partial charge is 0.412 e. The van der Waals surface area contributed by atoms with Crippen molar-refractivity contribution in [1.82, 2.24) is 5.32 Å². The van der Waals surface area contributed by atoms with Crippen molar-refractivity contribution in [1.29, 1.82) is 0 Å². The van der Waals surface area contributed by atoms with Gasteiger partial charge in [0.15, 0.2) is 0 Å². The number of carbonyl (C=O) groups is 1. The number of carbonyl (C=O) groups excluding carboxylic acids is 1. The van der Waals surface area contributed by atoms with Crippen molar-refractivity contribution < 1.29 is 9.53 Å². The molecule has 0 aliphatic carbocycles. The van der Waals surface area contributed by atoms with Gasteiger partial charge < -0.3 is 4.74 Å². The Balaban J connectivity index is 1.62. The van der Waals surface area contributed by atoms with Gasteiger partial charge in [-0.1, -0.05) is 113 Å². The summed E-state index contributed by atoms with van der Waals surface area (Å²) >= 11 is 5.39. The van der Waals surface area contributed by atoms with Gasteiger partial charge in [0.1, 0.15) is 4.99 Å². The van der Waals surface area contributed by atoms with Gasteiger partial charge in [-0.3, -0.25) is 5.32 Å². The van der Waals surface area contributed by atoms with Crippen molar-refractivity contribution >= 4 is 34.1 Å². The molecule has 1 amide bonds. The molecule has 0 saturated heterocycles. The van der Waals surface area contributed by atoms with Gasteiger partial charge in [0.25, 0.3) is 0 Å². The molecule has 0 bridgehead atoms. The quantitative estimate of drug-likeness (QED) is 0.342. The number of amides is 1. The summed E-state index contributed by atoms with van der Waals surface area (Å²) in [6.07, 6.45) is 10.7. The number of hydrogen-bond acceptors (Lipinski definition) is 3. The van der Waals surface area contributed by atoms with Crippen molar-refractivity contribution in [3.63, 3.8) is 0 Å². The Morgan fingerprint density at radius 3 is 2.26 bits per heavy atom. The lowest BCUT2D eigenvalue weighted by atomic mass is 10.0. The summed E-state index contributed by atoms with van der Waals surface area (Å²) in [5.74, 6) is 0. The molecule has 0 aliphatic rings. The zero-order chi connectivity index (χ0) is 19.3. The summed E-state index contributed by atoms with van der Waals surface area (Å²) in [6, 6.07) is 13.9. The van der Waals surface area contributed by atoms with E-state index in [4.69, 9.17) is 17.0 Å². The normalized spacial score (nSPS) is 10.7. The minimum atomic E-state index is -0.465. The number of benzene rings is 2. The molecule has 3 nitrogen and oxygen atoms in total. The molecule has 0 heterocycles. The van der Waals surface area contributed by atoms with Gasteiger partial charge in [-0.15, -0.1) is 0 Å². The molecule has 1 N–H and O–H groups in total. The molecule has 27 heavy (non-hydrogen) atoms. The summed E-state index contributed by atoms with van der Waals surface area (Å²) < 4.78 is 5.27. The van der Waals surface area contributed by atoms with E-state index < -0.39 is 6.09 Å². The van der Waals surface area contributed by atoms with Crippen LogP contribution in [0.25, 0.3) is 10.8 Å². The van der Waals surface area contributed by atoms with Crippen LogP contribution < -0.4 is 5.32 Å². The predicted octanol–water partition coefficient (Wildman–Crippen LogP) is 6.77. The standard InChI is InChI=1S/C23H31NO2S/c1-2-3-4-5-6-7-8-9-12-18-26-23(25)24-22(27)21-17-13-15-19-14-10-11-16-20(19)21/h10-11,13-17H,2-9,12,18H2,1H3,(H,24,25,27). The summed E-state index contributed by atoms with van der Waals surface area (Å²) in [4.78, 5) is 12.4. The Hall–Kier alpha value is -1.94. The maximum atomic E-state index is 12.0. The van der Waals surface area contributed by atoms with Gasteiger partial charge in [0.05, 0.1) is 6.61 Å². The number of thiocarbonyl (C=S) groups is 1. The summed E-state index contributed by atoms with van der Waals surface area (Å²) in [7, 11) is 0. The van der Waals surface area contributed by atoms with E-state index in [9.17, 15) is 4.79 Å². The molecule has 0 saturated carbocycles. The summed E-state index contributed by atoms with van der Waals surface area (Å²) in [5.41, 5.74) is 0.850. The topological polar surface area (TPSA) is 38.3 Å². The van der Waals surface area contributed by atoms with E-state index in [0.717, 1.165) is 29.2 Å². The number of hydrogen-bond donors (Lipinski definition) is 1. The van der Waals surface area contributed by atoms with Crippen LogP contribution in [0.5, 0.6) is 0 Å². The maximum Gasteiger partial charge on any atom is 0.412 e. The van der Waals surface area contributed by atoms with Crippen molar-refractivity contribution in [2.75, 3.05) is 6.61 Å². The predicted molar refractivity (Wildman–Crippen MR) is 117 cm³/mol. The number of alkyl carbamates (subject to hydrolysis) is 1. The molecular formula is C23H31NO2S. The first-order valence-electron chi connectivity index (χ1n) is 10.2. The highest BCUT2D eigenvalue weighted by Crippen LogP contribution is 2.18. The van der Waals surface area contributed by atoms with E-state index >= 15 is 0 Å². The highest BCUT2D eigenvalue weighted by molar-refractivity contribution is 7.80. The van der Waals surface area contributed by atoms with Gasteiger partial charge in [-0.2, -0.15) is 0 Å². The largest absolute Gasteiger partial charge is 0.449 e. The fourth-order valence-electron chi connectivity index (χ4n) is 3.20. The maximum absolute atomic E-state index is 12.0. The van der Waals surface area contributed by atoms with Crippen molar-refractivity contribution in [3.05, 3.63) is 48.0 Å². The molecule has 0 aliphatic heterocycles. The molecule has 2 aromatic carbocycles. The number of fused-ring (bicyclic) bond motifs is 1. The minimum absolute atomic E-state index is 0.406. The molecular weight excluding hydrogens is 354 g/mol. The van der Waals surface area contributed by atoms with Crippen LogP contribution in [0, 0.1) is 0 Å². The summed E-state index contributed by atoms with van der Waals surface area (Å²) in [6.45, 7) is 2.69. The van der Waals surface area contributed by atoms with Gasteiger partial charge in [0, 0.05) is 5.56 Å². The molecule has 2 aromatic rings. The zero-order valence-corrected chi connectivity index (χ0v) is 17.2. The average Bonchev–Trinajstić information content (AvgIpc) is 2.69. The molecule has 146 valence electrons. The molecule has 0 spiro atoms. The highest BCUT2D eigenvalue weighted by atomic mass is 32.1. The molecule has 0 fully saturated rings. The Labute approximate surface area is 168 Å². The minimum Gasteiger partial charge on any atom is -0.449 e. The lowest BCUT2D eigenvalue weighted by Crippen LogP contribution is -2.30. The van der Waals surface area contributed by atoms with Gasteiger partial charge in [-0.05, 0) is 17.2 Å². The van der Waals surface area contributed by atoms with Crippen LogP contribution in [0.3, 0.4) is 0 Å². The molecule has 2 rings (SSSR count). The average molecular weight is 386 g/mol. The van der Waals surface area contributed by atoms with Crippen molar-refractivity contribution in [2.45, 2.75) is 64.7 Å². The van der Waals surface area contributed by atoms with Crippen molar-refractivity contribution in [3.8, 4) is 0 Å². The second kappa shape index (κ2) is 12.4. The Morgan fingerprint density at radius 1 is 0.889 bits per heavy atom. The number of unbranched alkanes of at least 4 members (excludes halogenated alkanes) is 8. The van der Waals surface area contributed by atoms with Crippen molar-refractivity contribution in [2.24, 2.45) is 0 Å². The lowest BCUT2D eigenvalue weighted by Gasteiger charge is -2.10. The Bertz CT molecular complexity index is 724. The monoisotopic (exact) mass is 385 g/mol. The molecule has 4 heteroatoms. The molecule has 0 unspecified atom stereocenters. The van der Waals surface area contributed by atoms with Crippen LogP contribution in [-0.2, 0) is 4.74 Å². The second-order valence-electron chi connectivity index (χ2n) is 6.95. The number of rotatable bonds is 11. The van der Waals surface area contributed by atoms with Crippen LogP contribution in [-0.4, -0.2) is 17.7 Å².